The van der Waals surface area contributed by atoms with Crippen LogP contribution in [0.25, 0.3) is 0 Å². The van der Waals surface area contributed by atoms with Crippen molar-refractivity contribution in [3.63, 3.8) is 0 Å². The van der Waals surface area contributed by atoms with Gasteiger partial charge in [0.1, 0.15) is 5.69 Å². The topological polar surface area (TPSA) is 70.2 Å². The standard InChI is InChI=1S/C10H12BrNO3/c1-5(2)3-6-4-7(11)9(13)12-8(6)10(14)15/h4-5H,3H2,1-2H3,(H,12,13)(H,14,15). The van der Waals surface area contributed by atoms with Gasteiger partial charge >= 0.3 is 5.97 Å². The number of aromatic amines is 1. The van der Waals surface area contributed by atoms with Crippen LogP contribution in [0.15, 0.2) is 15.3 Å². The summed E-state index contributed by atoms with van der Waals surface area (Å²) >= 11 is 3.08. The van der Waals surface area contributed by atoms with Crippen LogP contribution >= 0.6 is 15.9 Å². The fourth-order valence-corrected chi connectivity index (χ4v) is 1.71. The molecule has 1 aromatic rings. The third-order valence-corrected chi connectivity index (χ3v) is 2.51. The zero-order valence-electron chi connectivity index (χ0n) is 8.50. The highest BCUT2D eigenvalue weighted by Gasteiger charge is 2.14. The quantitative estimate of drug-likeness (QED) is 0.886. The number of aromatic nitrogens is 1. The third kappa shape index (κ3) is 2.92. The normalized spacial score (nSPS) is 10.7. The molecule has 1 rings (SSSR count). The van der Waals surface area contributed by atoms with Crippen LogP contribution < -0.4 is 5.56 Å². The van der Waals surface area contributed by atoms with Crippen molar-refractivity contribution >= 4 is 21.9 Å². The van der Waals surface area contributed by atoms with E-state index in [9.17, 15) is 9.59 Å². The molecule has 0 bridgehead atoms. The van der Waals surface area contributed by atoms with Crippen LogP contribution in [0.3, 0.4) is 0 Å². The minimum absolute atomic E-state index is 0.0168. The molecule has 0 aliphatic heterocycles. The Morgan fingerprint density at radius 3 is 2.67 bits per heavy atom. The minimum Gasteiger partial charge on any atom is -0.477 e. The first-order chi connectivity index (χ1) is 6.91. The molecular formula is C10H12BrNO3. The van der Waals surface area contributed by atoms with Crippen molar-refractivity contribution in [1.82, 2.24) is 4.98 Å². The molecule has 0 radical (unpaired) electrons. The number of H-pyrrole nitrogens is 1. The van der Waals surface area contributed by atoms with Crippen molar-refractivity contribution in [2.75, 3.05) is 0 Å². The van der Waals surface area contributed by atoms with Crippen molar-refractivity contribution in [3.8, 4) is 0 Å². The number of hydrogen-bond donors (Lipinski definition) is 2. The number of carbonyl (C=O) groups is 1. The smallest absolute Gasteiger partial charge is 0.352 e. The van der Waals surface area contributed by atoms with Gasteiger partial charge < -0.3 is 10.1 Å². The SMILES string of the molecule is CC(C)Cc1cc(Br)c(=O)[nH]c1C(=O)O. The van der Waals surface area contributed by atoms with Crippen LogP contribution in [0.4, 0.5) is 0 Å². The molecule has 15 heavy (non-hydrogen) atoms. The predicted octanol–water partition coefficient (Wildman–Crippen LogP) is 2.03. The fourth-order valence-electron chi connectivity index (χ4n) is 1.34. The summed E-state index contributed by atoms with van der Waals surface area (Å²) in [6.07, 6.45) is 0.622. The minimum atomic E-state index is -1.10. The maximum absolute atomic E-state index is 11.2. The highest BCUT2D eigenvalue weighted by molar-refractivity contribution is 9.10. The molecule has 0 atom stereocenters. The van der Waals surface area contributed by atoms with Gasteiger partial charge in [0, 0.05) is 0 Å². The number of carboxylic acid groups (broad SMARTS) is 1. The molecule has 0 spiro atoms. The molecular weight excluding hydrogens is 262 g/mol. The monoisotopic (exact) mass is 273 g/mol. The van der Waals surface area contributed by atoms with Gasteiger partial charge in [-0.3, -0.25) is 4.79 Å². The Kier molecular flexibility index (Phi) is 3.68. The van der Waals surface area contributed by atoms with E-state index in [0.29, 0.717) is 22.4 Å². The maximum Gasteiger partial charge on any atom is 0.352 e. The first-order valence-corrected chi connectivity index (χ1v) is 5.36. The summed E-state index contributed by atoms with van der Waals surface area (Å²) in [7, 11) is 0. The summed E-state index contributed by atoms with van der Waals surface area (Å²) in [5, 5.41) is 8.91. The van der Waals surface area contributed by atoms with E-state index in [1.807, 2.05) is 13.8 Å². The van der Waals surface area contributed by atoms with Crippen molar-refractivity contribution in [1.29, 1.82) is 0 Å². The molecule has 0 saturated carbocycles. The van der Waals surface area contributed by atoms with Crippen LogP contribution in [0, 0.1) is 5.92 Å². The first kappa shape index (κ1) is 12.0. The highest BCUT2D eigenvalue weighted by Crippen LogP contribution is 2.14. The van der Waals surface area contributed by atoms with Crippen molar-refractivity contribution in [2.24, 2.45) is 5.92 Å². The molecule has 0 fully saturated rings. The number of rotatable bonds is 3. The molecule has 0 saturated heterocycles. The van der Waals surface area contributed by atoms with Crippen molar-refractivity contribution in [3.05, 3.63) is 32.2 Å². The Labute approximate surface area is 95.5 Å². The highest BCUT2D eigenvalue weighted by atomic mass is 79.9. The Morgan fingerprint density at radius 1 is 1.60 bits per heavy atom. The van der Waals surface area contributed by atoms with Crippen LogP contribution in [-0.4, -0.2) is 16.1 Å². The second-order valence-electron chi connectivity index (χ2n) is 3.75. The van der Waals surface area contributed by atoms with E-state index in [-0.39, 0.29) is 5.69 Å². The van der Waals surface area contributed by atoms with Gasteiger partial charge in [0.05, 0.1) is 4.47 Å². The Balaban J connectivity index is 3.28. The van der Waals surface area contributed by atoms with Crippen LogP contribution in [0.2, 0.25) is 0 Å². The number of hydrogen-bond acceptors (Lipinski definition) is 2. The second kappa shape index (κ2) is 4.61. The molecule has 1 heterocycles. The van der Waals surface area contributed by atoms with Gasteiger partial charge in [-0.2, -0.15) is 0 Å². The molecule has 5 heteroatoms. The third-order valence-electron chi connectivity index (χ3n) is 1.92. The lowest BCUT2D eigenvalue weighted by Gasteiger charge is -2.08. The summed E-state index contributed by atoms with van der Waals surface area (Å²) in [4.78, 5) is 24.4. The van der Waals surface area contributed by atoms with Crippen molar-refractivity contribution < 1.29 is 9.90 Å². The second-order valence-corrected chi connectivity index (χ2v) is 4.60. The zero-order chi connectivity index (χ0) is 11.6. The van der Waals surface area contributed by atoms with Crippen molar-refractivity contribution in [2.45, 2.75) is 20.3 Å². The molecule has 0 unspecified atom stereocenters. The van der Waals surface area contributed by atoms with Gasteiger partial charge in [0.2, 0.25) is 0 Å². The molecule has 0 aromatic carbocycles. The number of pyridine rings is 1. The molecule has 82 valence electrons. The van der Waals surface area contributed by atoms with E-state index in [2.05, 4.69) is 20.9 Å². The van der Waals surface area contributed by atoms with Gasteiger partial charge in [-0.25, -0.2) is 4.79 Å². The molecule has 4 nitrogen and oxygen atoms in total. The summed E-state index contributed by atoms with van der Waals surface area (Å²) in [5.74, 6) is -0.767. The fraction of sp³-hybridized carbons (Fsp3) is 0.400. The first-order valence-electron chi connectivity index (χ1n) is 4.56. The Hall–Kier alpha value is -1.10. The van der Waals surface area contributed by atoms with E-state index < -0.39 is 11.5 Å². The lowest BCUT2D eigenvalue weighted by molar-refractivity contribution is 0.0688. The number of carboxylic acids is 1. The van der Waals surface area contributed by atoms with Gasteiger partial charge in [-0.05, 0) is 39.9 Å². The molecule has 0 aliphatic rings. The Morgan fingerprint density at radius 2 is 2.20 bits per heavy atom. The van der Waals surface area contributed by atoms with E-state index in [4.69, 9.17) is 5.11 Å². The predicted molar refractivity (Wildman–Crippen MR) is 60.3 cm³/mol. The lowest BCUT2D eigenvalue weighted by Crippen LogP contribution is -2.17. The molecule has 0 aliphatic carbocycles. The van der Waals surface area contributed by atoms with Crippen LogP contribution in [-0.2, 0) is 6.42 Å². The van der Waals surface area contributed by atoms with E-state index in [0.717, 1.165) is 0 Å². The average Bonchev–Trinajstić information content (AvgIpc) is 2.09. The number of nitrogens with one attached hydrogen (secondary N) is 1. The number of aromatic carboxylic acids is 1. The molecule has 0 amide bonds. The molecule has 1 aromatic heterocycles. The average molecular weight is 274 g/mol. The largest absolute Gasteiger partial charge is 0.477 e. The summed E-state index contributed by atoms with van der Waals surface area (Å²) in [5.41, 5.74) is 0.209. The van der Waals surface area contributed by atoms with Gasteiger partial charge in [-0.15, -0.1) is 0 Å². The van der Waals surface area contributed by atoms with Crippen LogP contribution in [0.1, 0.15) is 29.9 Å². The van der Waals surface area contributed by atoms with E-state index in [1.54, 1.807) is 6.07 Å². The summed E-state index contributed by atoms with van der Waals surface area (Å²) in [6.45, 7) is 3.98. The number of halogens is 1. The maximum atomic E-state index is 11.2. The summed E-state index contributed by atoms with van der Waals surface area (Å²) in [6, 6.07) is 1.57. The zero-order valence-corrected chi connectivity index (χ0v) is 10.1. The summed E-state index contributed by atoms with van der Waals surface area (Å²) < 4.78 is 0.364. The van der Waals surface area contributed by atoms with Gasteiger partial charge in [0.25, 0.3) is 5.56 Å². The van der Waals surface area contributed by atoms with Gasteiger partial charge in [-0.1, -0.05) is 13.8 Å². The van der Waals surface area contributed by atoms with E-state index in [1.165, 1.54) is 0 Å². The van der Waals surface area contributed by atoms with Gasteiger partial charge in [0.15, 0.2) is 0 Å². The Bertz CT molecular complexity index is 437. The van der Waals surface area contributed by atoms with E-state index >= 15 is 0 Å². The van der Waals surface area contributed by atoms with Crippen LogP contribution in [0.5, 0.6) is 0 Å². The lowest BCUT2D eigenvalue weighted by atomic mass is 10.0. The molecule has 2 N–H and O–H groups in total.